The van der Waals surface area contributed by atoms with E-state index in [1.807, 2.05) is 18.2 Å². The molecule has 1 N–H and O–H groups in total. The molecule has 7 nitrogen and oxygen atoms in total. The van der Waals surface area contributed by atoms with E-state index in [9.17, 15) is 9.18 Å². The average Bonchev–Trinajstić information content (AvgIpc) is 3.09. The van der Waals surface area contributed by atoms with Crippen LogP contribution in [0.5, 0.6) is 0 Å². The molecule has 0 saturated heterocycles. The van der Waals surface area contributed by atoms with Crippen LogP contribution in [-0.2, 0) is 0 Å². The molecule has 0 aliphatic carbocycles. The van der Waals surface area contributed by atoms with Gasteiger partial charge >= 0.3 is 0 Å². The zero-order valence-electron chi connectivity index (χ0n) is 15.3. The summed E-state index contributed by atoms with van der Waals surface area (Å²) in [4.78, 5) is 25.3. The van der Waals surface area contributed by atoms with E-state index in [-0.39, 0.29) is 17.5 Å². The molecule has 0 saturated carbocycles. The number of hydrogen-bond acceptors (Lipinski definition) is 6. The van der Waals surface area contributed by atoms with E-state index in [0.717, 1.165) is 9.86 Å². The Morgan fingerprint density at radius 2 is 1.87 bits per heavy atom. The summed E-state index contributed by atoms with van der Waals surface area (Å²) in [7, 11) is 0. The summed E-state index contributed by atoms with van der Waals surface area (Å²) in [5, 5.41) is 8.29. The molecular weight excluding hydrogens is 451 g/mol. The normalized spacial score (nSPS) is 11.1. The lowest BCUT2D eigenvalue weighted by molar-refractivity contribution is 0.628. The molecule has 0 atom stereocenters. The molecule has 5 aromatic rings. The van der Waals surface area contributed by atoms with E-state index in [0.29, 0.717) is 22.6 Å². The second-order valence-electron chi connectivity index (χ2n) is 6.43. The summed E-state index contributed by atoms with van der Waals surface area (Å²) in [5.74, 6) is 0.241. The fourth-order valence-corrected chi connectivity index (χ4v) is 3.55. The van der Waals surface area contributed by atoms with Gasteiger partial charge in [0.15, 0.2) is 11.5 Å². The van der Waals surface area contributed by atoms with E-state index >= 15 is 0 Å². The Kier molecular flexibility index (Phi) is 4.44. The van der Waals surface area contributed by atoms with Gasteiger partial charge in [-0.1, -0.05) is 24.3 Å². The first-order valence-electron chi connectivity index (χ1n) is 8.93. The SMILES string of the molecule is O=c1nccccc1Nc1nc2c(Br)cccc2c2nc(-c3cccc(F)c3)nn12. The molecule has 0 aliphatic heterocycles. The van der Waals surface area contributed by atoms with Crippen molar-refractivity contribution in [3.8, 4) is 11.4 Å². The van der Waals surface area contributed by atoms with E-state index in [1.54, 1.807) is 30.3 Å². The molecule has 0 aliphatic rings. The number of hydrogen-bond donors (Lipinski definition) is 1. The lowest BCUT2D eigenvalue weighted by Gasteiger charge is -2.08. The van der Waals surface area contributed by atoms with Crippen LogP contribution >= 0.6 is 15.9 Å². The molecule has 0 fully saturated rings. The van der Waals surface area contributed by atoms with Crippen molar-refractivity contribution in [1.82, 2.24) is 24.6 Å². The molecular formula is C21H12BrFN6O. The highest BCUT2D eigenvalue weighted by Gasteiger charge is 2.17. The van der Waals surface area contributed by atoms with Crippen molar-refractivity contribution in [3.63, 3.8) is 0 Å². The fraction of sp³-hybridized carbons (Fsp3) is 0. The Hall–Kier alpha value is -3.72. The lowest BCUT2D eigenvalue weighted by atomic mass is 10.2. The van der Waals surface area contributed by atoms with Gasteiger partial charge in [0.05, 0.1) is 5.52 Å². The number of fused-ring (bicyclic) bond motifs is 3. The number of rotatable bonds is 3. The maximum atomic E-state index is 13.7. The summed E-state index contributed by atoms with van der Waals surface area (Å²) in [6, 6.07) is 16.6. The highest BCUT2D eigenvalue weighted by atomic mass is 79.9. The van der Waals surface area contributed by atoms with Crippen molar-refractivity contribution in [2.45, 2.75) is 0 Å². The predicted octanol–water partition coefficient (Wildman–Crippen LogP) is 4.34. The Morgan fingerprint density at radius 3 is 2.73 bits per heavy atom. The van der Waals surface area contributed by atoms with E-state index < -0.39 is 5.56 Å². The van der Waals surface area contributed by atoms with Crippen molar-refractivity contribution in [1.29, 1.82) is 0 Å². The first-order chi connectivity index (χ1) is 14.6. The molecule has 3 aromatic heterocycles. The van der Waals surface area contributed by atoms with Crippen molar-refractivity contribution in [2.24, 2.45) is 0 Å². The van der Waals surface area contributed by atoms with Crippen molar-refractivity contribution in [2.75, 3.05) is 5.32 Å². The summed E-state index contributed by atoms with van der Waals surface area (Å²) in [5.41, 5.74) is 1.50. The minimum atomic E-state index is -0.437. The van der Waals surface area contributed by atoms with Gasteiger partial charge in [-0.15, -0.1) is 5.10 Å². The van der Waals surface area contributed by atoms with Crippen molar-refractivity contribution >= 4 is 44.1 Å². The highest BCUT2D eigenvalue weighted by molar-refractivity contribution is 9.10. The van der Waals surface area contributed by atoms with Gasteiger partial charge in [0, 0.05) is 21.6 Å². The van der Waals surface area contributed by atoms with Crippen LogP contribution in [0.1, 0.15) is 0 Å². The van der Waals surface area contributed by atoms with Gasteiger partial charge in [-0.05, 0) is 52.3 Å². The third-order valence-corrected chi connectivity index (χ3v) is 5.10. The second-order valence-corrected chi connectivity index (χ2v) is 7.28. The molecule has 0 amide bonds. The molecule has 2 aromatic carbocycles. The number of para-hydroxylation sites is 1. The largest absolute Gasteiger partial charge is 0.319 e. The smallest absolute Gasteiger partial charge is 0.293 e. The minimum absolute atomic E-state index is 0.239. The summed E-state index contributed by atoms with van der Waals surface area (Å²) in [6.07, 6.45) is 1.42. The highest BCUT2D eigenvalue weighted by Crippen LogP contribution is 2.29. The lowest BCUT2D eigenvalue weighted by Crippen LogP contribution is -2.11. The number of halogens is 2. The predicted molar refractivity (Wildman–Crippen MR) is 115 cm³/mol. The van der Waals surface area contributed by atoms with E-state index in [4.69, 9.17) is 0 Å². The van der Waals surface area contributed by atoms with Crippen LogP contribution in [0.25, 0.3) is 27.9 Å². The summed E-state index contributed by atoms with van der Waals surface area (Å²) >= 11 is 3.51. The second kappa shape index (κ2) is 7.27. The van der Waals surface area contributed by atoms with Crippen LogP contribution in [-0.4, -0.2) is 24.6 Å². The van der Waals surface area contributed by atoms with Crippen molar-refractivity contribution in [3.05, 3.63) is 87.5 Å². The van der Waals surface area contributed by atoms with Gasteiger partial charge in [0.25, 0.3) is 5.56 Å². The van der Waals surface area contributed by atoms with Crippen LogP contribution in [0.2, 0.25) is 0 Å². The number of aromatic nitrogens is 5. The Labute approximate surface area is 177 Å². The van der Waals surface area contributed by atoms with Crippen LogP contribution in [0, 0.1) is 5.82 Å². The molecule has 30 heavy (non-hydrogen) atoms. The maximum Gasteiger partial charge on any atom is 0.293 e. The van der Waals surface area contributed by atoms with Gasteiger partial charge in [0.1, 0.15) is 11.5 Å². The van der Waals surface area contributed by atoms with Crippen LogP contribution < -0.4 is 10.9 Å². The van der Waals surface area contributed by atoms with Crippen LogP contribution in [0.3, 0.4) is 0 Å². The van der Waals surface area contributed by atoms with Gasteiger partial charge < -0.3 is 5.32 Å². The Morgan fingerprint density at radius 1 is 1.00 bits per heavy atom. The molecule has 146 valence electrons. The average molecular weight is 463 g/mol. The number of anilines is 2. The Bertz CT molecular complexity index is 1490. The zero-order chi connectivity index (χ0) is 20.7. The third kappa shape index (κ3) is 3.18. The van der Waals surface area contributed by atoms with Crippen LogP contribution in [0.15, 0.2) is 76.1 Å². The number of benzene rings is 2. The Balaban J connectivity index is 1.79. The molecule has 0 spiro atoms. The standard InChI is InChI=1S/C21H12BrFN6O/c22-15-8-4-7-14-17(15)26-21(25-16-9-1-2-10-24-20(16)30)29-19(14)27-18(28-29)12-5-3-6-13(23)11-12/h1-11H,(H,24,25,26,30). The van der Waals surface area contributed by atoms with Gasteiger partial charge in [-0.3, -0.25) is 4.79 Å². The third-order valence-electron chi connectivity index (χ3n) is 4.46. The first-order valence-corrected chi connectivity index (χ1v) is 9.73. The van der Waals surface area contributed by atoms with E-state index in [2.05, 4.69) is 41.3 Å². The number of nitrogens with zero attached hydrogens (tertiary/aromatic N) is 5. The zero-order valence-corrected chi connectivity index (χ0v) is 16.8. The van der Waals surface area contributed by atoms with Gasteiger partial charge in [-0.2, -0.15) is 4.52 Å². The number of nitrogens with one attached hydrogen (secondary N) is 1. The fourth-order valence-electron chi connectivity index (χ4n) is 3.10. The maximum absolute atomic E-state index is 13.7. The topological polar surface area (TPSA) is 85.1 Å². The molecule has 0 bridgehead atoms. The molecule has 0 radical (unpaired) electrons. The summed E-state index contributed by atoms with van der Waals surface area (Å²) in [6.45, 7) is 0. The van der Waals surface area contributed by atoms with E-state index in [1.165, 1.54) is 22.8 Å². The minimum Gasteiger partial charge on any atom is -0.319 e. The molecule has 9 heteroatoms. The van der Waals surface area contributed by atoms with Crippen LogP contribution in [0.4, 0.5) is 16.0 Å². The summed E-state index contributed by atoms with van der Waals surface area (Å²) < 4.78 is 16.0. The quantitative estimate of drug-likeness (QED) is 0.429. The molecule has 3 heterocycles. The molecule has 5 rings (SSSR count). The molecule has 0 unspecified atom stereocenters. The monoisotopic (exact) mass is 462 g/mol. The van der Waals surface area contributed by atoms with Gasteiger partial charge in [0.2, 0.25) is 5.95 Å². The first kappa shape index (κ1) is 18.3. The van der Waals surface area contributed by atoms with Crippen molar-refractivity contribution < 1.29 is 4.39 Å². The van der Waals surface area contributed by atoms with Gasteiger partial charge in [-0.25, -0.2) is 19.3 Å².